The highest BCUT2D eigenvalue weighted by atomic mass is 16.5. The summed E-state index contributed by atoms with van der Waals surface area (Å²) in [6.45, 7) is 7.98. The lowest BCUT2D eigenvalue weighted by Gasteiger charge is -2.35. The number of aryl methyl sites for hydroxylation is 1. The number of ether oxygens (including phenoxy) is 1. The van der Waals surface area contributed by atoms with E-state index in [1.807, 2.05) is 25.1 Å². The molecule has 1 atom stereocenters. The van der Waals surface area contributed by atoms with E-state index in [9.17, 15) is 9.59 Å². The zero-order valence-corrected chi connectivity index (χ0v) is 18.9. The number of carbonyl (C=O) groups is 2. The summed E-state index contributed by atoms with van der Waals surface area (Å²) in [7, 11) is 0. The molecule has 0 spiro atoms. The molecule has 2 aliphatic heterocycles. The highest BCUT2D eigenvalue weighted by molar-refractivity contribution is 5.90. The lowest BCUT2D eigenvalue weighted by Crippen LogP contribution is -2.50. The predicted octanol–water partition coefficient (Wildman–Crippen LogP) is 1.35. The lowest BCUT2D eigenvalue weighted by atomic mass is 10.0. The topological polar surface area (TPSA) is 138 Å². The van der Waals surface area contributed by atoms with Gasteiger partial charge in [-0.25, -0.2) is 9.78 Å². The van der Waals surface area contributed by atoms with E-state index in [-0.39, 0.29) is 12.0 Å². The van der Waals surface area contributed by atoms with Crippen molar-refractivity contribution in [1.82, 2.24) is 20.2 Å². The summed E-state index contributed by atoms with van der Waals surface area (Å²) in [6.07, 6.45) is 1.64. The number of amides is 3. The summed E-state index contributed by atoms with van der Waals surface area (Å²) in [6, 6.07) is 5.34. The maximum absolute atomic E-state index is 11.8. The first kappa shape index (κ1) is 22.7. The van der Waals surface area contributed by atoms with E-state index in [1.54, 1.807) is 11.1 Å². The molecule has 4 rings (SSSR count). The van der Waals surface area contributed by atoms with E-state index in [4.69, 9.17) is 15.5 Å². The minimum Gasteiger partial charge on any atom is -0.371 e. The monoisotopic (exact) mass is 454 g/mol. The Morgan fingerprint density at radius 2 is 2.03 bits per heavy atom. The van der Waals surface area contributed by atoms with E-state index >= 15 is 0 Å². The molecule has 5 N–H and O–H groups in total. The number of aromatic nitrogens is 2. The van der Waals surface area contributed by atoms with Crippen LogP contribution in [-0.4, -0.2) is 72.7 Å². The first-order valence-corrected chi connectivity index (χ1v) is 11.0. The summed E-state index contributed by atoms with van der Waals surface area (Å²) in [4.78, 5) is 36.1. The van der Waals surface area contributed by atoms with Crippen molar-refractivity contribution in [3.63, 3.8) is 0 Å². The van der Waals surface area contributed by atoms with E-state index in [2.05, 4.69) is 25.8 Å². The molecule has 2 fully saturated rings. The first-order chi connectivity index (χ1) is 15.9. The van der Waals surface area contributed by atoms with Crippen LogP contribution in [-0.2, 0) is 9.53 Å². The van der Waals surface area contributed by atoms with Crippen molar-refractivity contribution >= 4 is 35.1 Å². The number of hydrogen-bond acceptors (Lipinski definition) is 8. The molecular formula is C22H30N8O3. The Hall–Kier alpha value is -3.44. The third-order valence-electron chi connectivity index (χ3n) is 5.73. The number of carbonyl (C=O) groups excluding carboxylic acids is 2. The quantitative estimate of drug-likeness (QED) is 0.531. The summed E-state index contributed by atoms with van der Waals surface area (Å²) in [5.74, 6) is 1.11. The van der Waals surface area contributed by atoms with Gasteiger partial charge in [0.05, 0.1) is 12.7 Å². The first-order valence-electron chi connectivity index (χ1n) is 11.0. The number of piperazine rings is 1. The number of urea groups is 1. The van der Waals surface area contributed by atoms with Gasteiger partial charge in [-0.1, -0.05) is 6.07 Å². The molecule has 176 valence electrons. The Kier molecular flexibility index (Phi) is 6.90. The van der Waals surface area contributed by atoms with Gasteiger partial charge in [0.1, 0.15) is 5.82 Å². The number of primary amides is 1. The molecule has 1 aromatic carbocycles. The molecule has 33 heavy (non-hydrogen) atoms. The second-order valence-corrected chi connectivity index (χ2v) is 8.18. The van der Waals surface area contributed by atoms with E-state index in [0.717, 1.165) is 29.2 Å². The fraction of sp³-hybridized carbons (Fsp3) is 0.455. The van der Waals surface area contributed by atoms with Crippen LogP contribution in [0.1, 0.15) is 24.2 Å². The third kappa shape index (κ3) is 5.49. The van der Waals surface area contributed by atoms with Gasteiger partial charge in [-0.05, 0) is 19.1 Å². The molecule has 1 aromatic heterocycles. The fourth-order valence-electron chi connectivity index (χ4n) is 4.06. The second kappa shape index (κ2) is 10.0. The number of anilines is 4. The molecule has 11 heteroatoms. The summed E-state index contributed by atoms with van der Waals surface area (Å²) in [5, 5.41) is 9.46. The Balaban J connectivity index is 1.53. The maximum Gasteiger partial charge on any atom is 0.314 e. The standard InChI is InChI=1S/C22H30N8O3/c1-14-12-25-22(28-20(14)29-6-8-30(9-7-29)21(23)32)27-16-3-4-17(18(11-16)26-15(2)31)19-13-24-5-10-33-19/h3-4,11-12,19,24H,5-10,13H2,1-2H3,(H2,23,32)(H,26,31)(H,25,27,28). The molecule has 2 aromatic rings. The Bertz CT molecular complexity index is 1020. The van der Waals surface area contributed by atoms with Crippen LogP contribution in [0.15, 0.2) is 24.4 Å². The molecule has 0 radical (unpaired) electrons. The van der Waals surface area contributed by atoms with Gasteiger partial charge in [0.15, 0.2) is 0 Å². The zero-order chi connectivity index (χ0) is 23.4. The molecule has 0 aliphatic carbocycles. The van der Waals surface area contributed by atoms with Gasteiger partial charge in [-0.15, -0.1) is 0 Å². The molecule has 2 aliphatic rings. The van der Waals surface area contributed by atoms with Crippen LogP contribution in [0.5, 0.6) is 0 Å². The largest absolute Gasteiger partial charge is 0.371 e. The highest BCUT2D eigenvalue weighted by Crippen LogP contribution is 2.31. The van der Waals surface area contributed by atoms with Gasteiger partial charge in [-0.2, -0.15) is 4.98 Å². The smallest absolute Gasteiger partial charge is 0.314 e. The maximum atomic E-state index is 11.8. The second-order valence-electron chi connectivity index (χ2n) is 8.18. The fourth-order valence-corrected chi connectivity index (χ4v) is 4.06. The van der Waals surface area contributed by atoms with Gasteiger partial charge >= 0.3 is 6.03 Å². The van der Waals surface area contributed by atoms with Gasteiger partial charge in [0.25, 0.3) is 0 Å². The molecule has 0 bridgehead atoms. The van der Waals surface area contributed by atoms with Crippen LogP contribution >= 0.6 is 0 Å². The van der Waals surface area contributed by atoms with Crippen molar-refractivity contribution in [2.75, 3.05) is 61.4 Å². The lowest BCUT2D eigenvalue weighted by molar-refractivity contribution is -0.114. The van der Waals surface area contributed by atoms with Crippen LogP contribution in [0.4, 0.5) is 27.9 Å². The minimum atomic E-state index is -0.399. The van der Waals surface area contributed by atoms with Crippen LogP contribution in [0, 0.1) is 6.92 Å². The average molecular weight is 455 g/mol. The third-order valence-corrected chi connectivity index (χ3v) is 5.73. The highest BCUT2D eigenvalue weighted by Gasteiger charge is 2.23. The van der Waals surface area contributed by atoms with Crippen molar-refractivity contribution in [1.29, 1.82) is 0 Å². The normalized spacial score (nSPS) is 18.7. The number of morpholine rings is 1. The van der Waals surface area contributed by atoms with Crippen molar-refractivity contribution in [3.8, 4) is 0 Å². The van der Waals surface area contributed by atoms with Crippen LogP contribution in [0.25, 0.3) is 0 Å². The number of hydrogen-bond donors (Lipinski definition) is 4. The van der Waals surface area contributed by atoms with E-state index < -0.39 is 6.03 Å². The predicted molar refractivity (Wildman–Crippen MR) is 126 cm³/mol. The number of rotatable bonds is 5. The summed E-state index contributed by atoms with van der Waals surface area (Å²) >= 11 is 0. The molecule has 11 nitrogen and oxygen atoms in total. The van der Waals surface area contributed by atoms with Gasteiger partial charge < -0.3 is 36.2 Å². The number of nitrogens with zero attached hydrogens (tertiary/aromatic N) is 4. The molecule has 2 saturated heterocycles. The molecule has 3 amide bonds. The number of benzene rings is 1. The molecule has 1 unspecified atom stereocenters. The Labute approximate surface area is 192 Å². The Morgan fingerprint density at radius 1 is 1.24 bits per heavy atom. The van der Waals surface area contributed by atoms with Gasteiger partial charge in [0, 0.05) is 74.9 Å². The van der Waals surface area contributed by atoms with Crippen LogP contribution in [0.2, 0.25) is 0 Å². The number of nitrogens with one attached hydrogen (secondary N) is 3. The van der Waals surface area contributed by atoms with Crippen molar-refractivity contribution in [3.05, 3.63) is 35.5 Å². The molecule has 3 heterocycles. The van der Waals surface area contributed by atoms with Crippen LogP contribution < -0.4 is 26.6 Å². The van der Waals surface area contributed by atoms with E-state index in [1.165, 1.54) is 6.92 Å². The van der Waals surface area contributed by atoms with Crippen molar-refractivity contribution in [2.24, 2.45) is 5.73 Å². The average Bonchev–Trinajstić information content (AvgIpc) is 2.81. The zero-order valence-electron chi connectivity index (χ0n) is 18.9. The number of nitrogens with two attached hydrogens (primary N) is 1. The van der Waals surface area contributed by atoms with Crippen molar-refractivity contribution in [2.45, 2.75) is 20.0 Å². The van der Waals surface area contributed by atoms with Gasteiger partial charge in [-0.3, -0.25) is 4.79 Å². The Morgan fingerprint density at radius 3 is 2.70 bits per heavy atom. The van der Waals surface area contributed by atoms with Gasteiger partial charge in [0.2, 0.25) is 11.9 Å². The van der Waals surface area contributed by atoms with Crippen molar-refractivity contribution < 1.29 is 14.3 Å². The van der Waals surface area contributed by atoms with E-state index in [0.29, 0.717) is 51.0 Å². The minimum absolute atomic E-state index is 0.129. The van der Waals surface area contributed by atoms with Crippen LogP contribution in [0.3, 0.4) is 0 Å². The summed E-state index contributed by atoms with van der Waals surface area (Å²) < 4.78 is 5.87. The molecule has 0 saturated carbocycles. The SMILES string of the molecule is CC(=O)Nc1cc(Nc2ncc(C)c(N3CCN(C(N)=O)CC3)n2)ccc1C1CNCCO1. The molecular weight excluding hydrogens is 424 g/mol. The summed E-state index contributed by atoms with van der Waals surface area (Å²) in [5.41, 5.74) is 8.69.